The molecule has 0 aliphatic heterocycles. The molecule has 0 aliphatic carbocycles. The molecule has 2 aromatic rings. The lowest BCUT2D eigenvalue weighted by Crippen LogP contribution is -2.00. The number of phenolic OH excluding ortho intramolecular Hbond substituents is 2. The zero-order valence-electron chi connectivity index (χ0n) is 11.0. The summed E-state index contributed by atoms with van der Waals surface area (Å²) in [6.07, 6.45) is 0.896. The van der Waals surface area contributed by atoms with Crippen molar-refractivity contribution in [3.8, 4) is 11.5 Å². The van der Waals surface area contributed by atoms with Crippen molar-refractivity contribution in [3.63, 3.8) is 0 Å². The van der Waals surface area contributed by atoms with E-state index in [0.717, 1.165) is 17.5 Å². The third-order valence-electron chi connectivity index (χ3n) is 3.29. The zero-order chi connectivity index (χ0) is 15.7. The Morgan fingerprint density at radius 1 is 0.762 bits per heavy atom. The van der Waals surface area contributed by atoms with E-state index in [-0.39, 0.29) is 17.4 Å². The Balaban J connectivity index is 2.54. The summed E-state index contributed by atoms with van der Waals surface area (Å²) in [6.45, 7) is 2.11. The third-order valence-corrected chi connectivity index (χ3v) is 5.71. The van der Waals surface area contributed by atoms with Crippen molar-refractivity contribution < 1.29 is 10.2 Å². The van der Waals surface area contributed by atoms with E-state index in [1.54, 1.807) is 0 Å². The van der Waals surface area contributed by atoms with Crippen LogP contribution in [-0.2, 0) is 0 Å². The smallest absolute Gasteiger partial charge is 0.143 e. The molecule has 2 rings (SSSR count). The predicted octanol–water partition coefficient (Wildman–Crippen LogP) is 6.69. The van der Waals surface area contributed by atoms with E-state index in [1.807, 2.05) is 24.3 Å². The standard InChI is InChI=1S/C15H12Br4O2/c1-2-9(7-3-10(16)14(20)11(17)4-7)8-5-12(18)15(21)13(19)6-8/h3-6,9,20-21H,2H2,1H3. The molecule has 2 N–H and O–H groups in total. The molecule has 0 heterocycles. The molecular weight excluding hydrogens is 532 g/mol. The molecule has 0 saturated heterocycles. The maximum absolute atomic E-state index is 9.84. The third kappa shape index (κ3) is 3.66. The van der Waals surface area contributed by atoms with Gasteiger partial charge in [0.2, 0.25) is 0 Å². The van der Waals surface area contributed by atoms with Gasteiger partial charge in [0.15, 0.2) is 0 Å². The highest BCUT2D eigenvalue weighted by atomic mass is 79.9. The molecule has 112 valence electrons. The fourth-order valence-corrected chi connectivity index (χ4v) is 4.68. The van der Waals surface area contributed by atoms with E-state index >= 15 is 0 Å². The van der Waals surface area contributed by atoms with Gasteiger partial charge >= 0.3 is 0 Å². The summed E-state index contributed by atoms with van der Waals surface area (Å²) < 4.78 is 2.62. The highest BCUT2D eigenvalue weighted by Gasteiger charge is 2.18. The summed E-state index contributed by atoms with van der Waals surface area (Å²) in [5.41, 5.74) is 2.16. The van der Waals surface area contributed by atoms with Gasteiger partial charge in [0, 0.05) is 5.92 Å². The van der Waals surface area contributed by atoms with Crippen LogP contribution in [0.15, 0.2) is 42.2 Å². The van der Waals surface area contributed by atoms with Gasteiger partial charge in [-0.1, -0.05) is 6.92 Å². The Morgan fingerprint density at radius 3 is 1.29 bits per heavy atom. The molecular formula is C15H12Br4O2. The Labute approximate surface area is 157 Å². The summed E-state index contributed by atoms with van der Waals surface area (Å²) in [6, 6.07) is 7.68. The average molecular weight is 544 g/mol. The number of benzene rings is 2. The SMILES string of the molecule is CCC(c1cc(Br)c(O)c(Br)c1)c1cc(Br)c(O)c(Br)c1. The normalized spacial score (nSPS) is 11.1. The van der Waals surface area contributed by atoms with Crippen LogP contribution in [0.1, 0.15) is 30.4 Å². The van der Waals surface area contributed by atoms with Gasteiger partial charge in [-0.25, -0.2) is 0 Å². The summed E-state index contributed by atoms with van der Waals surface area (Å²) in [5, 5.41) is 19.7. The first-order valence-corrected chi connectivity index (χ1v) is 9.38. The first-order chi connectivity index (χ1) is 9.85. The number of rotatable bonds is 3. The summed E-state index contributed by atoms with van der Waals surface area (Å²) >= 11 is 13.5. The minimum Gasteiger partial charge on any atom is -0.506 e. The van der Waals surface area contributed by atoms with E-state index in [1.165, 1.54) is 0 Å². The Kier molecular flexibility index (Phi) is 5.79. The number of hydrogen-bond donors (Lipinski definition) is 2. The molecule has 2 nitrogen and oxygen atoms in total. The van der Waals surface area contributed by atoms with Crippen LogP contribution in [-0.4, -0.2) is 10.2 Å². The molecule has 0 saturated carbocycles. The molecule has 0 aromatic heterocycles. The minimum atomic E-state index is 0.159. The van der Waals surface area contributed by atoms with E-state index in [0.29, 0.717) is 17.9 Å². The second-order valence-electron chi connectivity index (χ2n) is 4.63. The van der Waals surface area contributed by atoms with E-state index < -0.39 is 0 Å². The van der Waals surface area contributed by atoms with Crippen LogP contribution in [0, 0.1) is 0 Å². The summed E-state index contributed by atoms with van der Waals surface area (Å²) in [5.74, 6) is 0.551. The van der Waals surface area contributed by atoms with Crippen LogP contribution >= 0.6 is 63.7 Å². The van der Waals surface area contributed by atoms with E-state index in [9.17, 15) is 10.2 Å². The number of hydrogen-bond acceptors (Lipinski definition) is 2. The molecule has 0 amide bonds. The highest BCUT2D eigenvalue weighted by Crippen LogP contribution is 2.41. The van der Waals surface area contributed by atoms with Crippen molar-refractivity contribution in [2.45, 2.75) is 19.3 Å². The van der Waals surface area contributed by atoms with Crippen molar-refractivity contribution in [2.24, 2.45) is 0 Å². The molecule has 0 unspecified atom stereocenters. The quantitative estimate of drug-likeness (QED) is 0.453. The van der Waals surface area contributed by atoms with Gasteiger partial charge in [0.05, 0.1) is 17.9 Å². The Hall–Kier alpha value is -0.0400. The second kappa shape index (κ2) is 7.02. The van der Waals surface area contributed by atoms with Crippen LogP contribution in [0.5, 0.6) is 11.5 Å². The van der Waals surface area contributed by atoms with E-state index in [4.69, 9.17) is 0 Å². The monoisotopic (exact) mass is 540 g/mol. The lowest BCUT2D eigenvalue weighted by Gasteiger charge is -2.19. The topological polar surface area (TPSA) is 40.5 Å². The van der Waals surface area contributed by atoms with Gasteiger partial charge in [0.1, 0.15) is 11.5 Å². The molecule has 0 radical (unpaired) electrons. The van der Waals surface area contributed by atoms with Crippen molar-refractivity contribution in [1.29, 1.82) is 0 Å². The fourth-order valence-electron chi connectivity index (χ4n) is 2.24. The molecule has 2 aromatic carbocycles. The van der Waals surface area contributed by atoms with E-state index in [2.05, 4.69) is 70.6 Å². The summed E-state index contributed by atoms with van der Waals surface area (Å²) in [4.78, 5) is 0. The molecule has 0 fully saturated rings. The molecule has 0 spiro atoms. The first-order valence-electron chi connectivity index (χ1n) is 6.21. The number of halogens is 4. The maximum Gasteiger partial charge on any atom is 0.143 e. The predicted molar refractivity (Wildman–Crippen MR) is 99.1 cm³/mol. The van der Waals surface area contributed by atoms with Crippen LogP contribution in [0.25, 0.3) is 0 Å². The zero-order valence-corrected chi connectivity index (χ0v) is 17.3. The molecule has 6 heteroatoms. The molecule has 0 atom stereocenters. The van der Waals surface area contributed by atoms with Crippen molar-refractivity contribution >= 4 is 63.7 Å². The van der Waals surface area contributed by atoms with Crippen LogP contribution in [0.2, 0.25) is 0 Å². The largest absolute Gasteiger partial charge is 0.506 e. The Bertz CT molecular complexity index is 582. The molecule has 0 bridgehead atoms. The van der Waals surface area contributed by atoms with Crippen LogP contribution in [0.3, 0.4) is 0 Å². The van der Waals surface area contributed by atoms with Crippen molar-refractivity contribution in [2.75, 3.05) is 0 Å². The van der Waals surface area contributed by atoms with Gasteiger partial charge in [-0.3, -0.25) is 0 Å². The van der Waals surface area contributed by atoms with Gasteiger partial charge in [-0.15, -0.1) is 0 Å². The maximum atomic E-state index is 9.84. The fraction of sp³-hybridized carbons (Fsp3) is 0.200. The van der Waals surface area contributed by atoms with Gasteiger partial charge in [-0.05, 0) is 106 Å². The van der Waals surface area contributed by atoms with Crippen molar-refractivity contribution in [3.05, 3.63) is 53.3 Å². The van der Waals surface area contributed by atoms with Gasteiger partial charge < -0.3 is 10.2 Å². The first kappa shape index (κ1) is 17.3. The average Bonchev–Trinajstić information content (AvgIpc) is 2.42. The lowest BCUT2D eigenvalue weighted by molar-refractivity contribution is 0.468. The Morgan fingerprint density at radius 2 is 1.05 bits per heavy atom. The second-order valence-corrected chi connectivity index (χ2v) is 8.04. The van der Waals surface area contributed by atoms with Crippen LogP contribution in [0.4, 0.5) is 0 Å². The molecule has 21 heavy (non-hydrogen) atoms. The van der Waals surface area contributed by atoms with Gasteiger partial charge in [0.25, 0.3) is 0 Å². The number of aromatic hydroxyl groups is 2. The van der Waals surface area contributed by atoms with Gasteiger partial charge in [-0.2, -0.15) is 0 Å². The minimum absolute atomic E-state index is 0.159. The highest BCUT2D eigenvalue weighted by molar-refractivity contribution is 9.11. The van der Waals surface area contributed by atoms with Crippen LogP contribution < -0.4 is 0 Å². The summed E-state index contributed by atoms with van der Waals surface area (Å²) in [7, 11) is 0. The lowest BCUT2D eigenvalue weighted by atomic mass is 9.89. The van der Waals surface area contributed by atoms with Crippen molar-refractivity contribution in [1.82, 2.24) is 0 Å². The number of phenols is 2. The molecule has 0 aliphatic rings.